The highest BCUT2D eigenvalue weighted by molar-refractivity contribution is 7.99. The molecule has 122 valence electrons. The molecule has 0 atom stereocenters. The van der Waals surface area contributed by atoms with Gasteiger partial charge in [0.2, 0.25) is 11.9 Å². The average molecular weight is 347 g/mol. The monoisotopic (exact) mass is 347 g/mol. The van der Waals surface area contributed by atoms with Gasteiger partial charge in [0.05, 0.1) is 11.3 Å². The molecule has 0 aliphatic carbocycles. The SMILES string of the molecule is O=C(CSc1nnc(-c2cnc(F)cc2F)[nH]1)Nc1ccccc1. The van der Waals surface area contributed by atoms with E-state index in [9.17, 15) is 13.6 Å². The lowest BCUT2D eigenvalue weighted by Gasteiger charge is -2.03. The Labute approximate surface area is 139 Å². The first-order valence-electron chi connectivity index (χ1n) is 6.83. The predicted molar refractivity (Wildman–Crippen MR) is 85.3 cm³/mol. The molecule has 0 bridgehead atoms. The van der Waals surface area contributed by atoms with Gasteiger partial charge in [-0.1, -0.05) is 30.0 Å². The summed E-state index contributed by atoms with van der Waals surface area (Å²) in [6.07, 6.45) is 1.03. The lowest BCUT2D eigenvalue weighted by atomic mass is 10.2. The van der Waals surface area contributed by atoms with Crippen LogP contribution in [0.5, 0.6) is 0 Å². The van der Waals surface area contributed by atoms with Crippen molar-refractivity contribution in [3.63, 3.8) is 0 Å². The standard InChI is InChI=1S/C15H11F2N5OS/c16-11-6-12(17)18-7-10(11)14-20-15(22-21-14)24-8-13(23)19-9-4-2-1-3-5-9/h1-7H,8H2,(H,19,23)(H,20,21,22). The summed E-state index contributed by atoms with van der Waals surface area (Å²) >= 11 is 1.11. The van der Waals surface area contributed by atoms with Gasteiger partial charge in [-0.05, 0) is 12.1 Å². The Morgan fingerprint density at radius 3 is 2.75 bits per heavy atom. The number of carbonyl (C=O) groups is 1. The van der Waals surface area contributed by atoms with Gasteiger partial charge in [-0.2, -0.15) is 4.39 Å². The number of benzene rings is 1. The Balaban J connectivity index is 1.61. The number of H-pyrrole nitrogens is 1. The van der Waals surface area contributed by atoms with Crippen molar-refractivity contribution in [3.8, 4) is 11.4 Å². The van der Waals surface area contributed by atoms with Crippen LogP contribution < -0.4 is 5.32 Å². The van der Waals surface area contributed by atoms with E-state index in [0.717, 1.165) is 18.0 Å². The van der Waals surface area contributed by atoms with Crippen LogP contribution in [0.25, 0.3) is 11.4 Å². The molecule has 0 aliphatic rings. The van der Waals surface area contributed by atoms with Crippen LogP contribution in [0.3, 0.4) is 0 Å². The van der Waals surface area contributed by atoms with Crippen LogP contribution in [-0.4, -0.2) is 31.8 Å². The number of anilines is 1. The molecule has 2 aromatic heterocycles. The summed E-state index contributed by atoms with van der Waals surface area (Å²) in [5.41, 5.74) is 0.699. The predicted octanol–water partition coefficient (Wildman–Crippen LogP) is 2.88. The zero-order valence-electron chi connectivity index (χ0n) is 12.2. The molecule has 0 saturated heterocycles. The van der Waals surface area contributed by atoms with Gasteiger partial charge >= 0.3 is 0 Å². The Bertz CT molecular complexity index is 856. The summed E-state index contributed by atoms with van der Waals surface area (Å²) in [4.78, 5) is 18.0. The third kappa shape index (κ3) is 3.93. The number of para-hydroxylation sites is 1. The number of hydrogen-bond donors (Lipinski definition) is 2. The molecule has 1 aromatic carbocycles. The molecule has 2 heterocycles. The molecule has 6 nitrogen and oxygen atoms in total. The molecule has 3 aromatic rings. The lowest BCUT2D eigenvalue weighted by molar-refractivity contribution is -0.113. The summed E-state index contributed by atoms with van der Waals surface area (Å²) in [5.74, 6) is -1.70. The molecule has 1 amide bonds. The Morgan fingerprint density at radius 2 is 2.00 bits per heavy atom. The van der Waals surface area contributed by atoms with Crippen LogP contribution in [0, 0.1) is 11.8 Å². The van der Waals surface area contributed by atoms with Gasteiger partial charge in [-0.3, -0.25) is 4.79 Å². The van der Waals surface area contributed by atoms with E-state index in [1.165, 1.54) is 0 Å². The van der Waals surface area contributed by atoms with Crippen molar-refractivity contribution < 1.29 is 13.6 Å². The maximum Gasteiger partial charge on any atom is 0.234 e. The molecular weight excluding hydrogens is 336 g/mol. The molecule has 0 spiro atoms. The van der Waals surface area contributed by atoms with Crippen LogP contribution in [0.15, 0.2) is 47.8 Å². The minimum Gasteiger partial charge on any atom is -0.325 e. The number of rotatable bonds is 5. The molecule has 3 rings (SSSR count). The highest BCUT2D eigenvalue weighted by Gasteiger charge is 2.13. The van der Waals surface area contributed by atoms with Crippen molar-refractivity contribution in [2.45, 2.75) is 5.16 Å². The smallest absolute Gasteiger partial charge is 0.234 e. The second-order valence-corrected chi connectivity index (χ2v) is 5.63. The molecule has 0 saturated carbocycles. The fourth-order valence-electron chi connectivity index (χ4n) is 1.87. The van der Waals surface area contributed by atoms with E-state index < -0.39 is 11.8 Å². The van der Waals surface area contributed by atoms with Crippen molar-refractivity contribution >= 4 is 23.4 Å². The first-order chi connectivity index (χ1) is 11.6. The minimum absolute atomic E-state index is 0.00415. The maximum atomic E-state index is 13.7. The zero-order chi connectivity index (χ0) is 16.9. The van der Waals surface area contributed by atoms with Crippen LogP contribution in [-0.2, 0) is 4.79 Å². The van der Waals surface area contributed by atoms with Crippen LogP contribution in [0.4, 0.5) is 14.5 Å². The van der Waals surface area contributed by atoms with Crippen LogP contribution >= 0.6 is 11.8 Å². The summed E-state index contributed by atoms with van der Waals surface area (Å²) in [6, 6.07) is 9.70. The minimum atomic E-state index is -0.914. The van der Waals surface area contributed by atoms with Crippen LogP contribution in [0.1, 0.15) is 0 Å². The zero-order valence-corrected chi connectivity index (χ0v) is 13.0. The molecule has 0 unspecified atom stereocenters. The molecule has 0 fully saturated rings. The Morgan fingerprint density at radius 1 is 1.21 bits per heavy atom. The molecule has 0 aliphatic heterocycles. The average Bonchev–Trinajstić information content (AvgIpc) is 3.02. The quantitative estimate of drug-likeness (QED) is 0.548. The van der Waals surface area contributed by atoms with Gasteiger partial charge in [0.1, 0.15) is 5.82 Å². The third-order valence-corrected chi connectivity index (χ3v) is 3.80. The number of halogens is 2. The number of amides is 1. The van der Waals surface area contributed by atoms with Crippen molar-refractivity contribution in [2.75, 3.05) is 11.1 Å². The summed E-state index contributed by atoms with van der Waals surface area (Å²) < 4.78 is 26.5. The highest BCUT2D eigenvalue weighted by Crippen LogP contribution is 2.21. The van der Waals surface area contributed by atoms with E-state index in [1.54, 1.807) is 12.1 Å². The molecule has 2 N–H and O–H groups in total. The first-order valence-corrected chi connectivity index (χ1v) is 7.82. The number of nitrogens with one attached hydrogen (secondary N) is 2. The summed E-state index contributed by atoms with van der Waals surface area (Å²) in [7, 11) is 0. The second-order valence-electron chi connectivity index (χ2n) is 4.67. The third-order valence-electron chi connectivity index (χ3n) is 2.94. The summed E-state index contributed by atoms with van der Waals surface area (Å²) in [5, 5.41) is 10.7. The number of nitrogens with zero attached hydrogens (tertiary/aromatic N) is 3. The Kier molecular flexibility index (Phi) is 4.80. The number of aromatic nitrogens is 4. The molecule has 9 heteroatoms. The van der Waals surface area contributed by atoms with Crippen LogP contribution in [0.2, 0.25) is 0 Å². The van der Waals surface area contributed by atoms with Gasteiger partial charge in [-0.25, -0.2) is 9.37 Å². The molecule has 24 heavy (non-hydrogen) atoms. The highest BCUT2D eigenvalue weighted by atomic mass is 32.2. The van der Waals surface area contributed by atoms with E-state index in [1.807, 2.05) is 18.2 Å². The van der Waals surface area contributed by atoms with E-state index in [-0.39, 0.29) is 23.0 Å². The van der Waals surface area contributed by atoms with Crippen molar-refractivity contribution in [1.29, 1.82) is 0 Å². The molecule has 0 radical (unpaired) electrons. The maximum absolute atomic E-state index is 13.7. The fraction of sp³-hybridized carbons (Fsp3) is 0.0667. The topological polar surface area (TPSA) is 83.6 Å². The number of carbonyl (C=O) groups excluding carboxylic acids is 1. The van der Waals surface area contributed by atoms with Gasteiger partial charge in [0, 0.05) is 18.0 Å². The van der Waals surface area contributed by atoms with Crippen molar-refractivity contribution in [3.05, 3.63) is 54.4 Å². The normalized spacial score (nSPS) is 10.6. The largest absolute Gasteiger partial charge is 0.325 e. The second kappa shape index (κ2) is 7.18. The van der Waals surface area contributed by atoms with Crippen molar-refractivity contribution in [1.82, 2.24) is 20.2 Å². The number of pyridine rings is 1. The van der Waals surface area contributed by atoms with Gasteiger partial charge in [0.15, 0.2) is 11.0 Å². The number of hydrogen-bond acceptors (Lipinski definition) is 5. The fourth-order valence-corrected chi connectivity index (χ4v) is 2.47. The molecular formula is C15H11F2N5OS. The van der Waals surface area contributed by atoms with E-state index >= 15 is 0 Å². The van der Waals surface area contributed by atoms with E-state index in [2.05, 4.69) is 25.5 Å². The lowest BCUT2D eigenvalue weighted by Crippen LogP contribution is -2.13. The summed E-state index contributed by atoms with van der Waals surface area (Å²) in [6.45, 7) is 0. The number of aromatic amines is 1. The first kappa shape index (κ1) is 16.1. The van der Waals surface area contributed by atoms with Crippen molar-refractivity contribution in [2.24, 2.45) is 0 Å². The van der Waals surface area contributed by atoms with Gasteiger partial charge < -0.3 is 10.3 Å². The van der Waals surface area contributed by atoms with E-state index in [0.29, 0.717) is 16.9 Å². The van der Waals surface area contributed by atoms with Gasteiger partial charge in [0.25, 0.3) is 0 Å². The van der Waals surface area contributed by atoms with E-state index in [4.69, 9.17) is 0 Å². The van der Waals surface area contributed by atoms with Gasteiger partial charge in [-0.15, -0.1) is 10.2 Å². The number of thioether (sulfide) groups is 1. The Hall–Kier alpha value is -2.81.